The van der Waals surface area contributed by atoms with Crippen molar-refractivity contribution in [1.29, 1.82) is 0 Å². The molecule has 3 aliphatic rings. The van der Waals surface area contributed by atoms with Gasteiger partial charge in [0.05, 0.1) is 11.8 Å². The minimum atomic E-state index is -0.499. The van der Waals surface area contributed by atoms with Crippen LogP contribution in [-0.2, 0) is 4.74 Å². The van der Waals surface area contributed by atoms with E-state index in [0.717, 1.165) is 50.5 Å². The van der Waals surface area contributed by atoms with Crippen LogP contribution in [0, 0.1) is 5.82 Å². The number of ether oxygens (including phenoxy) is 3. The van der Waals surface area contributed by atoms with Gasteiger partial charge in [-0.2, -0.15) is 0 Å². The lowest BCUT2D eigenvalue weighted by Crippen LogP contribution is -2.47. The van der Waals surface area contributed by atoms with Crippen LogP contribution in [0.5, 0.6) is 11.5 Å². The molecule has 3 fully saturated rings. The maximum atomic E-state index is 15.1. The standard InChI is InChI=1S/C29H32F2N2O4/c30-10-12-32-20-3-4-21(32)16-25(15-20)37-28-8-5-22(17-27(28)31)33-11-9-19-14-23(6-7-26(19)29(33)34)36-18-24-2-1-13-35-24/h5-9,11,14,17,20-21,24-25H,1-4,10,12-13,15-16,18H2/t20?,21?,24-,25?/m1/s1. The number of pyridine rings is 1. The SMILES string of the molecule is O=c1c2ccc(OC[C@H]3CCCO3)cc2ccn1-c1ccc(OC2CC3CCC(C2)N3CCF)c(F)c1. The fourth-order valence-electron chi connectivity index (χ4n) is 6.18. The summed E-state index contributed by atoms with van der Waals surface area (Å²) in [6.07, 6.45) is 7.38. The average Bonchev–Trinajstić information content (AvgIpc) is 3.50. The van der Waals surface area contributed by atoms with Crippen LogP contribution in [0.1, 0.15) is 38.5 Å². The second kappa shape index (κ2) is 10.4. The number of benzene rings is 2. The summed E-state index contributed by atoms with van der Waals surface area (Å²) in [4.78, 5) is 15.4. The summed E-state index contributed by atoms with van der Waals surface area (Å²) in [5.41, 5.74) is 0.210. The Hall–Kier alpha value is -2.97. The van der Waals surface area contributed by atoms with Crippen LogP contribution in [-0.4, -0.2) is 60.2 Å². The summed E-state index contributed by atoms with van der Waals surface area (Å²) in [7, 11) is 0. The lowest BCUT2D eigenvalue weighted by molar-refractivity contribution is 0.0440. The van der Waals surface area contributed by atoms with E-state index in [2.05, 4.69) is 4.90 Å². The van der Waals surface area contributed by atoms with Crippen molar-refractivity contribution in [1.82, 2.24) is 9.47 Å². The summed E-state index contributed by atoms with van der Waals surface area (Å²) in [5.74, 6) is 0.381. The molecule has 3 atom stereocenters. The van der Waals surface area contributed by atoms with Crippen molar-refractivity contribution in [3.05, 3.63) is 64.8 Å². The minimum absolute atomic E-state index is 0.0891. The molecule has 0 aliphatic carbocycles. The van der Waals surface area contributed by atoms with E-state index in [0.29, 0.717) is 42.1 Å². The molecule has 3 saturated heterocycles. The summed E-state index contributed by atoms with van der Waals surface area (Å²) < 4.78 is 46.9. The van der Waals surface area contributed by atoms with Gasteiger partial charge >= 0.3 is 0 Å². The molecule has 0 spiro atoms. The highest BCUT2D eigenvalue weighted by Gasteiger charge is 2.41. The van der Waals surface area contributed by atoms with E-state index in [4.69, 9.17) is 14.2 Å². The molecule has 1 aromatic heterocycles. The van der Waals surface area contributed by atoms with Gasteiger partial charge in [0.1, 0.15) is 25.1 Å². The molecule has 0 radical (unpaired) electrons. The van der Waals surface area contributed by atoms with Gasteiger partial charge in [-0.05, 0) is 80.3 Å². The van der Waals surface area contributed by atoms with Crippen LogP contribution in [0.4, 0.5) is 8.78 Å². The molecule has 37 heavy (non-hydrogen) atoms. The first-order valence-corrected chi connectivity index (χ1v) is 13.3. The topological polar surface area (TPSA) is 52.9 Å². The molecular formula is C29H32F2N2O4. The molecule has 0 amide bonds. The first-order valence-electron chi connectivity index (χ1n) is 13.3. The van der Waals surface area contributed by atoms with Crippen LogP contribution < -0.4 is 15.0 Å². The number of fused-ring (bicyclic) bond motifs is 3. The van der Waals surface area contributed by atoms with Gasteiger partial charge < -0.3 is 14.2 Å². The van der Waals surface area contributed by atoms with Gasteiger partial charge in [0, 0.05) is 42.9 Å². The summed E-state index contributed by atoms with van der Waals surface area (Å²) in [5, 5.41) is 1.29. The van der Waals surface area contributed by atoms with Crippen molar-refractivity contribution in [2.75, 3.05) is 26.4 Å². The van der Waals surface area contributed by atoms with Crippen LogP contribution in [0.2, 0.25) is 0 Å². The number of hydrogen-bond donors (Lipinski definition) is 0. The first kappa shape index (κ1) is 24.4. The zero-order valence-electron chi connectivity index (χ0n) is 20.8. The Bertz CT molecular complexity index is 1310. The maximum absolute atomic E-state index is 15.1. The molecule has 2 bridgehead atoms. The second-order valence-corrected chi connectivity index (χ2v) is 10.3. The van der Waals surface area contributed by atoms with Gasteiger partial charge in [0.15, 0.2) is 11.6 Å². The van der Waals surface area contributed by atoms with Crippen molar-refractivity contribution >= 4 is 10.8 Å². The maximum Gasteiger partial charge on any atom is 0.262 e. The Kier molecular flexibility index (Phi) is 6.86. The highest BCUT2D eigenvalue weighted by atomic mass is 19.1. The smallest absolute Gasteiger partial charge is 0.262 e. The average molecular weight is 511 g/mol. The van der Waals surface area contributed by atoms with Crippen LogP contribution in [0.3, 0.4) is 0 Å². The van der Waals surface area contributed by atoms with Crippen molar-refractivity contribution in [2.24, 2.45) is 0 Å². The lowest BCUT2D eigenvalue weighted by atomic mass is 9.99. The van der Waals surface area contributed by atoms with E-state index in [-0.39, 0.29) is 30.2 Å². The fraction of sp³-hybridized carbons (Fsp3) is 0.483. The Morgan fingerprint density at radius 2 is 1.86 bits per heavy atom. The zero-order valence-corrected chi connectivity index (χ0v) is 20.8. The Morgan fingerprint density at radius 1 is 1.03 bits per heavy atom. The van der Waals surface area contributed by atoms with E-state index < -0.39 is 5.82 Å². The first-order chi connectivity index (χ1) is 18.1. The molecule has 196 valence electrons. The van der Waals surface area contributed by atoms with E-state index in [1.54, 1.807) is 30.5 Å². The molecule has 0 N–H and O–H groups in total. The summed E-state index contributed by atoms with van der Waals surface area (Å²) in [6.45, 7) is 1.40. The Labute approximate surface area is 214 Å². The van der Waals surface area contributed by atoms with Crippen LogP contribution in [0.25, 0.3) is 16.5 Å². The van der Waals surface area contributed by atoms with Gasteiger partial charge in [0.2, 0.25) is 0 Å². The number of aromatic nitrogens is 1. The number of piperidine rings is 1. The predicted octanol–water partition coefficient (Wildman–Crippen LogP) is 5.03. The third-order valence-corrected chi connectivity index (χ3v) is 8.01. The van der Waals surface area contributed by atoms with E-state index >= 15 is 4.39 Å². The fourth-order valence-corrected chi connectivity index (χ4v) is 6.18. The number of nitrogens with zero attached hydrogens (tertiary/aromatic N) is 2. The number of alkyl halides is 1. The molecule has 2 unspecified atom stereocenters. The normalized spacial score (nSPS) is 25.6. The number of hydrogen-bond acceptors (Lipinski definition) is 5. The van der Waals surface area contributed by atoms with Gasteiger partial charge in [-0.25, -0.2) is 8.78 Å². The van der Waals surface area contributed by atoms with Crippen LogP contribution in [0.15, 0.2) is 53.5 Å². The summed E-state index contributed by atoms with van der Waals surface area (Å²) >= 11 is 0. The second-order valence-electron chi connectivity index (χ2n) is 10.3. The predicted molar refractivity (Wildman–Crippen MR) is 137 cm³/mol. The third-order valence-electron chi connectivity index (χ3n) is 8.01. The van der Waals surface area contributed by atoms with Crippen LogP contribution >= 0.6 is 0 Å². The highest BCUT2D eigenvalue weighted by molar-refractivity contribution is 5.83. The van der Waals surface area contributed by atoms with E-state index in [1.165, 1.54) is 10.6 Å². The molecule has 6 nitrogen and oxygen atoms in total. The quantitative estimate of drug-likeness (QED) is 0.426. The van der Waals surface area contributed by atoms with Gasteiger partial charge in [-0.1, -0.05) is 0 Å². The highest BCUT2D eigenvalue weighted by Crippen LogP contribution is 2.37. The van der Waals surface area contributed by atoms with Gasteiger partial charge in [-0.3, -0.25) is 14.3 Å². The number of halogens is 2. The largest absolute Gasteiger partial charge is 0.491 e. The molecule has 6 rings (SSSR count). The zero-order chi connectivity index (χ0) is 25.4. The van der Waals surface area contributed by atoms with Gasteiger partial charge in [-0.15, -0.1) is 0 Å². The van der Waals surface area contributed by atoms with Crippen molar-refractivity contribution < 1.29 is 23.0 Å². The van der Waals surface area contributed by atoms with Crippen molar-refractivity contribution in [3.8, 4) is 17.2 Å². The summed E-state index contributed by atoms with van der Waals surface area (Å²) in [6, 6.07) is 12.5. The van der Waals surface area contributed by atoms with Crippen molar-refractivity contribution in [2.45, 2.75) is 62.8 Å². The van der Waals surface area contributed by atoms with Gasteiger partial charge in [0.25, 0.3) is 5.56 Å². The molecule has 3 aliphatic heterocycles. The molecular weight excluding hydrogens is 478 g/mol. The van der Waals surface area contributed by atoms with Crippen molar-refractivity contribution in [3.63, 3.8) is 0 Å². The van der Waals surface area contributed by atoms with E-state index in [9.17, 15) is 9.18 Å². The Balaban J connectivity index is 1.16. The molecule has 8 heteroatoms. The molecule has 2 aromatic carbocycles. The third kappa shape index (κ3) is 4.97. The lowest BCUT2D eigenvalue weighted by Gasteiger charge is -2.38. The monoisotopic (exact) mass is 510 g/mol. The number of rotatable bonds is 8. The molecule has 0 saturated carbocycles. The molecule has 3 aromatic rings. The van der Waals surface area contributed by atoms with E-state index in [1.807, 2.05) is 12.1 Å². The molecule has 4 heterocycles. The Morgan fingerprint density at radius 3 is 2.59 bits per heavy atom. The minimum Gasteiger partial charge on any atom is -0.491 e.